The predicted octanol–water partition coefficient (Wildman–Crippen LogP) is -1.21. The van der Waals surface area contributed by atoms with Gasteiger partial charge in [-0.25, -0.2) is 9.78 Å². The Hall–Kier alpha value is -1.16. The Balaban J connectivity index is 0.00000612. The van der Waals surface area contributed by atoms with Crippen molar-refractivity contribution in [3.63, 3.8) is 0 Å². The van der Waals surface area contributed by atoms with Gasteiger partial charge in [-0.2, -0.15) is 8.42 Å². The van der Waals surface area contributed by atoms with Gasteiger partial charge < -0.3 is 14.9 Å². The number of hydroxylamine groups is 2. The molecule has 0 radical (unpaired) electrons. The molecule has 35 heavy (non-hydrogen) atoms. The summed E-state index contributed by atoms with van der Waals surface area (Å²) in [6.45, 7) is 4.22. The van der Waals surface area contributed by atoms with E-state index in [9.17, 15) is 27.9 Å². The van der Waals surface area contributed by atoms with Gasteiger partial charge in [-0.05, 0) is 61.9 Å². The molecule has 1 aromatic rings. The van der Waals surface area contributed by atoms with Crippen LogP contribution in [0.5, 0.6) is 0 Å². The molecule has 0 aromatic carbocycles. The third-order valence-corrected chi connectivity index (χ3v) is 8.80. The summed E-state index contributed by atoms with van der Waals surface area (Å²) < 4.78 is 30.8. The fourth-order valence-electron chi connectivity index (χ4n) is 2.82. The van der Waals surface area contributed by atoms with Gasteiger partial charge in [0, 0.05) is 23.9 Å². The first kappa shape index (κ1) is 31.9. The van der Waals surface area contributed by atoms with Crippen molar-refractivity contribution in [2.75, 3.05) is 6.54 Å². The maximum atomic E-state index is 12.2. The van der Waals surface area contributed by atoms with Crippen molar-refractivity contribution < 1.29 is 66.9 Å². The Bertz CT molecular complexity index is 1020. The van der Waals surface area contributed by atoms with Gasteiger partial charge in [0.05, 0.1) is 6.42 Å². The van der Waals surface area contributed by atoms with Crippen LogP contribution in [0.1, 0.15) is 52.4 Å². The van der Waals surface area contributed by atoms with Crippen molar-refractivity contribution >= 4 is 55.4 Å². The number of unbranched alkanes of at least 4 members (excludes halogenated alkanes) is 2. The van der Waals surface area contributed by atoms with Crippen LogP contribution >= 0.6 is 21.6 Å². The molecule has 11 nitrogen and oxygen atoms in total. The molecule has 1 fully saturated rings. The molecule has 1 aliphatic heterocycles. The predicted molar refractivity (Wildman–Crippen MR) is 125 cm³/mol. The number of rotatable bonds is 13. The summed E-state index contributed by atoms with van der Waals surface area (Å²) in [5, 5.41) is 11.1. The SMILES string of the molecule is CC(C)(CC([O-])=NCCCCCC(=O)ON1C(=O)CC(S(=O)(=O)O)C1=O)SSc1ccccn1.[Na+]. The monoisotopic (exact) mass is 555 g/mol. The maximum Gasteiger partial charge on any atom is 1.00 e. The van der Waals surface area contributed by atoms with Crippen LogP contribution in [0.25, 0.3) is 0 Å². The van der Waals surface area contributed by atoms with E-state index in [-0.39, 0.29) is 58.1 Å². The van der Waals surface area contributed by atoms with Gasteiger partial charge in [0.25, 0.3) is 21.9 Å². The second-order valence-electron chi connectivity index (χ2n) is 8.05. The Morgan fingerprint density at radius 1 is 1.31 bits per heavy atom. The summed E-state index contributed by atoms with van der Waals surface area (Å²) >= 11 is 0. The molecule has 0 saturated carbocycles. The molecule has 0 aliphatic carbocycles. The van der Waals surface area contributed by atoms with E-state index < -0.39 is 39.6 Å². The normalized spacial score (nSPS) is 16.8. The first-order chi connectivity index (χ1) is 15.9. The third-order valence-electron chi connectivity index (χ3n) is 4.51. The Morgan fingerprint density at radius 2 is 2.03 bits per heavy atom. The van der Waals surface area contributed by atoms with E-state index in [4.69, 9.17) is 4.55 Å². The molecule has 2 amide bonds. The van der Waals surface area contributed by atoms with E-state index in [1.54, 1.807) is 17.0 Å². The van der Waals surface area contributed by atoms with Gasteiger partial charge in [0.15, 0.2) is 5.25 Å². The zero-order valence-electron chi connectivity index (χ0n) is 19.7. The minimum atomic E-state index is -4.76. The molecule has 1 aromatic heterocycles. The molecule has 2 rings (SSSR count). The van der Waals surface area contributed by atoms with Gasteiger partial charge >= 0.3 is 35.5 Å². The van der Waals surface area contributed by atoms with Crippen molar-refractivity contribution in [2.24, 2.45) is 4.99 Å². The van der Waals surface area contributed by atoms with Gasteiger partial charge in [-0.3, -0.25) is 14.1 Å². The molecule has 188 valence electrons. The minimum Gasteiger partial charge on any atom is -0.862 e. The van der Waals surface area contributed by atoms with E-state index >= 15 is 0 Å². The second kappa shape index (κ2) is 14.5. The maximum absolute atomic E-state index is 12.2. The van der Waals surface area contributed by atoms with Crippen molar-refractivity contribution in [1.29, 1.82) is 0 Å². The molecule has 0 spiro atoms. The number of nitrogens with zero attached hydrogens (tertiary/aromatic N) is 3. The summed E-state index contributed by atoms with van der Waals surface area (Å²) in [5.41, 5.74) is 0. The molecule has 2 heterocycles. The average molecular weight is 556 g/mol. The van der Waals surface area contributed by atoms with Gasteiger partial charge in [-0.15, -0.1) is 5.06 Å². The Kier molecular flexibility index (Phi) is 13.2. The Labute approximate surface area is 234 Å². The van der Waals surface area contributed by atoms with Gasteiger partial charge in [0.2, 0.25) is 0 Å². The van der Waals surface area contributed by atoms with Gasteiger partial charge in [-0.1, -0.05) is 23.3 Å². The number of imide groups is 1. The molecule has 0 bridgehead atoms. The fraction of sp³-hybridized carbons (Fsp3) is 0.550. The molecule has 1 saturated heterocycles. The van der Waals surface area contributed by atoms with Crippen molar-refractivity contribution in [3.8, 4) is 0 Å². The van der Waals surface area contributed by atoms with Crippen molar-refractivity contribution in [2.45, 2.75) is 67.4 Å². The van der Waals surface area contributed by atoms with Crippen LogP contribution in [-0.2, 0) is 29.3 Å². The van der Waals surface area contributed by atoms with Crippen LogP contribution in [-0.4, -0.2) is 63.2 Å². The van der Waals surface area contributed by atoms with Crippen LogP contribution in [0.4, 0.5) is 0 Å². The first-order valence-corrected chi connectivity index (χ1v) is 14.1. The van der Waals surface area contributed by atoms with E-state index in [0.717, 1.165) is 5.03 Å². The van der Waals surface area contributed by atoms with Crippen LogP contribution in [0.15, 0.2) is 34.4 Å². The van der Waals surface area contributed by atoms with E-state index in [2.05, 4.69) is 14.8 Å². The van der Waals surface area contributed by atoms with E-state index in [0.29, 0.717) is 25.8 Å². The number of hydrogen-bond donors (Lipinski definition) is 1. The quantitative estimate of drug-likeness (QED) is 0.0590. The molecular weight excluding hydrogens is 529 g/mol. The number of aromatic nitrogens is 1. The minimum absolute atomic E-state index is 0. The molecule has 1 N–H and O–H groups in total. The standard InChI is InChI=1S/C20H27N3O8S3.Na/c1-20(2,33-32-16-8-5-7-11-22-16)13-15(24)21-10-6-3-4-9-18(26)31-23-17(25)12-14(19(23)27)34(28,29)30;/h5,7-8,11,14H,3-4,6,9-10,12-13H2,1-2H3,(H,21,24)(H,28,29,30);/q;+1/p-1. The largest absolute Gasteiger partial charge is 1.00 e. The molecular formula is C20H26N3NaO8S3. The number of aliphatic imine (C=N–C) groups is 1. The van der Waals surface area contributed by atoms with Crippen LogP contribution < -0.4 is 34.7 Å². The van der Waals surface area contributed by atoms with Crippen molar-refractivity contribution in [3.05, 3.63) is 24.4 Å². The zero-order valence-corrected chi connectivity index (χ0v) is 24.2. The number of carbonyl (C=O) groups is 3. The van der Waals surface area contributed by atoms with Crippen LogP contribution in [0, 0.1) is 0 Å². The number of hydrogen-bond acceptors (Lipinski definition) is 11. The summed E-state index contributed by atoms with van der Waals surface area (Å²) in [6.07, 6.45) is 2.56. The first-order valence-electron chi connectivity index (χ1n) is 10.4. The zero-order chi connectivity index (χ0) is 25.4. The number of amides is 2. The van der Waals surface area contributed by atoms with E-state index in [1.165, 1.54) is 10.8 Å². The number of pyridine rings is 1. The smallest absolute Gasteiger partial charge is 0.862 e. The number of carbonyl (C=O) groups excluding carboxylic acids is 3. The molecule has 15 heteroatoms. The van der Waals surface area contributed by atoms with Crippen LogP contribution in [0.2, 0.25) is 0 Å². The molecule has 1 unspecified atom stereocenters. The molecule has 1 aliphatic rings. The van der Waals surface area contributed by atoms with Gasteiger partial charge in [0.1, 0.15) is 5.03 Å². The van der Waals surface area contributed by atoms with Crippen LogP contribution in [0.3, 0.4) is 0 Å². The summed E-state index contributed by atoms with van der Waals surface area (Å²) in [7, 11) is -1.71. The topological polar surface area (TPSA) is 166 Å². The second-order valence-corrected chi connectivity index (χ2v) is 12.5. The van der Waals surface area contributed by atoms with Crippen molar-refractivity contribution in [1.82, 2.24) is 10.0 Å². The third kappa shape index (κ3) is 11.2. The summed E-state index contributed by atoms with van der Waals surface area (Å²) in [6, 6.07) is 5.63. The summed E-state index contributed by atoms with van der Waals surface area (Å²) in [4.78, 5) is 48.3. The fourth-order valence-corrected chi connectivity index (χ4v) is 5.66. The summed E-state index contributed by atoms with van der Waals surface area (Å²) in [5.74, 6) is -3.40. The Morgan fingerprint density at radius 3 is 2.63 bits per heavy atom. The average Bonchev–Trinajstić information content (AvgIpc) is 3.04. The van der Waals surface area contributed by atoms with E-state index in [1.807, 2.05) is 32.0 Å². The molecule has 1 atom stereocenters.